The van der Waals surface area contributed by atoms with E-state index in [0.29, 0.717) is 5.06 Å². The van der Waals surface area contributed by atoms with Crippen molar-refractivity contribution in [1.82, 2.24) is 5.06 Å². The fourth-order valence-corrected chi connectivity index (χ4v) is 1.60. The number of carboxylic acid groups (broad SMARTS) is 1. The van der Waals surface area contributed by atoms with Gasteiger partial charge in [0.2, 0.25) is 40.9 Å². The lowest BCUT2D eigenvalue weighted by Gasteiger charge is -2.09. The van der Waals surface area contributed by atoms with Gasteiger partial charge < -0.3 is 14.7 Å². The second kappa shape index (κ2) is 20.8. The van der Waals surface area contributed by atoms with Gasteiger partial charge in [-0.05, 0) is 12.2 Å². The van der Waals surface area contributed by atoms with Gasteiger partial charge in [-0.25, -0.2) is 32.7 Å². The van der Waals surface area contributed by atoms with Crippen molar-refractivity contribution in [3.8, 4) is 5.75 Å². The first-order chi connectivity index (χ1) is 17.5. The summed E-state index contributed by atoms with van der Waals surface area (Å²) in [7, 11) is 2.97. The number of hydroxylamine groups is 2. The van der Waals surface area contributed by atoms with Crippen molar-refractivity contribution in [3.63, 3.8) is 0 Å². The summed E-state index contributed by atoms with van der Waals surface area (Å²) in [5.41, 5.74) is 0. The highest BCUT2D eigenvalue weighted by molar-refractivity contribution is 7.78. The highest BCUT2D eigenvalue weighted by atomic mass is 32.1. The Hall–Kier alpha value is -4.40. The lowest BCUT2D eigenvalue weighted by atomic mass is 10.2. The van der Waals surface area contributed by atoms with E-state index >= 15 is 0 Å². The highest BCUT2D eigenvalue weighted by Crippen LogP contribution is 2.29. The summed E-state index contributed by atoms with van der Waals surface area (Å²) in [5.74, 6) is -16.2. The summed E-state index contributed by atoms with van der Waals surface area (Å²) < 4.78 is 66.9. The second-order valence-electron chi connectivity index (χ2n) is 5.81. The molecule has 0 saturated carbocycles. The second-order valence-corrected chi connectivity index (χ2v) is 5.99. The van der Waals surface area contributed by atoms with Crippen LogP contribution in [-0.2, 0) is 33.6 Å². The smallest absolute Gasteiger partial charge is 0.330 e. The minimum Gasteiger partial charge on any atom is -0.481 e. The Bertz CT molecular complexity index is 1060. The van der Waals surface area contributed by atoms with Crippen LogP contribution in [0.3, 0.4) is 0 Å². The molecule has 12 nitrogen and oxygen atoms in total. The summed E-state index contributed by atoms with van der Waals surface area (Å²) >= 11 is 4.14. The molecule has 1 aliphatic rings. The molecule has 2 amide bonds. The zero-order valence-corrected chi connectivity index (χ0v) is 21.1. The molecule has 1 aromatic rings. The normalized spacial score (nSPS) is 10.6. The van der Waals surface area contributed by atoms with Gasteiger partial charge >= 0.3 is 11.9 Å². The van der Waals surface area contributed by atoms with E-state index in [4.69, 9.17) is 14.7 Å². The summed E-state index contributed by atoms with van der Waals surface area (Å²) in [5, 5.41) is 10.1. The van der Waals surface area contributed by atoms with E-state index in [1.807, 2.05) is 0 Å². The van der Waals surface area contributed by atoms with Crippen LogP contribution in [0.25, 0.3) is 0 Å². The molecule has 0 atom stereocenters. The molecular weight excluding hydrogens is 553 g/mol. The number of hydrogen-bond donors (Lipinski definition) is 1. The van der Waals surface area contributed by atoms with Crippen LogP contribution in [0.1, 0.15) is 33.6 Å². The number of thiocarbonyl (C=S) groups is 1. The van der Waals surface area contributed by atoms with Crippen molar-refractivity contribution in [2.75, 3.05) is 14.1 Å². The first kappa shape index (κ1) is 38.1. The molecule has 0 aliphatic carbocycles. The van der Waals surface area contributed by atoms with E-state index in [0.717, 1.165) is 20.8 Å². The molecule has 38 heavy (non-hydrogen) atoms. The standard InChI is InChI=1S/C8H3F5O2.C6H7NO4.C2H3NO.C2H3NS.C2H4O2/c1-2(14)15-8-6(12)4(10)3(9)5(11)7(8)13;1-4(8)11-7-5(9)2-3-6(7)10;2*1-3-2-4;1-2(3)4/h1H3;2-3H2,1H3;2*1H3;1H3,(H,3,4). The Kier molecular flexibility index (Phi) is 20.8. The number of benzene rings is 1. The van der Waals surface area contributed by atoms with E-state index in [9.17, 15) is 41.1 Å². The maximum atomic E-state index is 12.8. The Morgan fingerprint density at radius 1 is 0.842 bits per heavy atom. The van der Waals surface area contributed by atoms with Gasteiger partial charge in [0.05, 0.1) is 5.16 Å². The number of hydrogen-bond acceptors (Lipinski definition) is 11. The quantitative estimate of drug-likeness (QED) is 0.0639. The number of carboxylic acids is 1. The summed E-state index contributed by atoms with van der Waals surface area (Å²) in [6, 6.07) is 0. The van der Waals surface area contributed by atoms with Crippen LogP contribution in [0.2, 0.25) is 0 Å². The van der Waals surface area contributed by atoms with Gasteiger partial charge in [0.1, 0.15) is 0 Å². The molecule has 0 aromatic heterocycles. The third-order valence-electron chi connectivity index (χ3n) is 2.82. The molecule has 1 aliphatic heterocycles. The predicted molar refractivity (Wildman–Crippen MR) is 119 cm³/mol. The van der Waals surface area contributed by atoms with Gasteiger partial charge in [-0.1, -0.05) is 0 Å². The fraction of sp³-hybridized carbons (Fsp3) is 0.350. The van der Waals surface area contributed by atoms with Crippen LogP contribution < -0.4 is 4.74 Å². The first-order valence-electron chi connectivity index (χ1n) is 9.39. The molecule has 0 unspecified atom stereocenters. The molecular formula is C20H20F5N3O9S. The number of rotatable bonds is 2. The molecule has 2 rings (SSSR count). The zero-order valence-electron chi connectivity index (χ0n) is 20.3. The molecule has 1 heterocycles. The minimum atomic E-state index is -2.30. The predicted octanol–water partition coefficient (Wildman–Crippen LogP) is 2.68. The zero-order chi connectivity index (χ0) is 30.6. The van der Waals surface area contributed by atoms with E-state index in [1.165, 1.54) is 13.1 Å². The van der Waals surface area contributed by atoms with E-state index in [-0.39, 0.29) is 12.8 Å². The number of ether oxygens (including phenoxy) is 1. The van der Waals surface area contributed by atoms with Crippen LogP contribution in [0, 0.1) is 29.1 Å². The van der Waals surface area contributed by atoms with E-state index in [2.05, 4.69) is 36.9 Å². The topological polar surface area (TPSA) is 169 Å². The number of carbonyl (C=O) groups is 5. The first-order valence-corrected chi connectivity index (χ1v) is 9.80. The fourth-order valence-electron chi connectivity index (χ4n) is 1.60. The number of aliphatic carboxylic acids is 1. The van der Waals surface area contributed by atoms with Crippen LogP contribution in [0.4, 0.5) is 22.0 Å². The molecule has 1 saturated heterocycles. The number of amides is 2. The molecule has 1 fully saturated rings. The van der Waals surface area contributed by atoms with Crippen molar-refractivity contribution < 1.29 is 65.4 Å². The molecule has 18 heteroatoms. The van der Waals surface area contributed by atoms with Gasteiger partial charge in [0, 0.05) is 47.7 Å². The molecule has 1 aromatic carbocycles. The third-order valence-corrected chi connectivity index (χ3v) is 3.01. The van der Waals surface area contributed by atoms with Crippen molar-refractivity contribution >= 4 is 53.2 Å². The Morgan fingerprint density at radius 3 is 1.39 bits per heavy atom. The molecule has 210 valence electrons. The van der Waals surface area contributed by atoms with Gasteiger partial charge in [0.15, 0.2) is 0 Å². The number of halogens is 5. The summed E-state index contributed by atoms with van der Waals surface area (Å²) in [4.78, 5) is 70.6. The number of esters is 1. The minimum absolute atomic E-state index is 0.131. The largest absolute Gasteiger partial charge is 0.481 e. The van der Waals surface area contributed by atoms with Crippen LogP contribution >= 0.6 is 12.2 Å². The van der Waals surface area contributed by atoms with Crippen LogP contribution in [-0.4, -0.2) is 65.2 Å². The van der Waals surface area contributed by atoms with Gasteiger partial charge in [-0.15, -0.1) is 5.06 Å². The number of carbonyl (C=O) groups excluding carboxylic acids is 5. The number of aliphatic imine (C=N–C) groups is 2. The number of nitrogens with zero attached hydrogens (tertiary/aromatic N) is 3. The van der Waals surface area contributed by atoms with Gasteiger partial charge in [0.25, 0.3) is 17.8 Å². The number of imide groups is 1. The van der Waals surface area contributed by atoms with Gasteiger partial charge in [-0.3, -0.25) is 19.2 Å². The lowest BCUT2D eigenvalue weighted by molar-refractivity contribution is -0.195. The van der Waals surface area contributed by atoms with Crippen molar-refractivity contribution in [2.24, 2.45) is 9.98 Å². The van der Waals surface area contributed by atoms with Gasteiger partial charge in [-0.2, -0.15) is 8.78 Å². The number of isothiocyanates is 1. The Morgan fingerprint density at radius 2 is 1.16 bits per heavy atom. The summed E-state index contributed by atoms with van der Waals surface area (Å²) in [6.07, 6.45) is 1.57. The molecule has 0 spiro atoms. The van der Waals surface area contributed by atoms with Crippen LogP contribution in [0.5, 0.6) is 5.75 Å². The maximum Gasteiger partial charge on any atom is 0.330 e. The highest BCUT2D eigenvalue weighted by Gasteiger charge is 2.32. The monoisotopic (exact) mass is 573 g/mol. The lowest BCUT2D eigenvalue weighted by Crippen LogP contribution is -2.30. The SMILES string of the molecule is CC(=O)O.CC(=O)ON1C(=O)CCC1=O.CC(=O)Oc1c(F)c(F)c(F)c(F)c1F.CN=C=O.CN=C=S. The molecule has 1 N–H and O–H groups in total. The average Bonchev–Trinajstić information content (AvgIpc) is 3.16. The van der Waals surface area contributed by atoms with E-state index in [1.54, 1.807) is 7.05 Å². The van der Waals surface area contributed by atoms with E-state index < -0.39 is 64.6 Å². The Balaban J connectivity index is -0.000000464. The van der Waals surface area contributed by atoms with Crippen molar-refractivity contribution in [3.05, 3.63) is 29.1 Å². The number of isocyanates is 1. The summed E-state index contributed by atoms with van der Waals surface area (Å²) in [6.45, 7) is 2.98. The molecule has 0 bridgehead atoms. The van der Waals surface area contributed by atoms with Crippen LogP contribution in [0.15, 0.2) is 9.98 Å². The Labute approximate surface area is 216 Å². The molecule has 0 radical (unpaired) electrons. The maximum absolute atomic E-state index is 12.8. The van der Waals surface area contributed by atoms with Crippen molar-refractivity contribution in [2.45, 2.75) is 33.6 Å². The van der Waals surface area contributed by atoms with Crippen molar-refractivity contribution in [1.29, 1.82) is 0 Å². The third kappa shape index (κ3) is 16.3. The average molecular weight is 573 g/mol.